The quantitative estimate of drug-likeness (QED) is 0.505. The maximum Gasteiger partial charge on any atom is 0.240 e. The molecule has 3 aromatic rings. The summed E-state index contributed by atoms with van der Waals surface area (Å²) in [7, 11) is -8.18. The van der Waals surface area contributed by atoms with Crippen molar-refractivity contribution in [1.29, 1.82) is 0 Å². The minimum absolute atomic E-state index is 0.0910. The van der Waals surface area contributed by atoms with E-state index in [1.807, 2.05) is 0 Å². The van der Waals surface area contributed by atoms with E-state index in [1.54, 1.807) is 12.1 Å². The van der Waals surface area contributed by atoms with Gasteiger partial charge >= 0.3 is 0 Å². The number of benzene rings is 2. The van der Waals surface area contributed by atoms with Crippen LogP contribution in [0.15, 0.2) is 70.7 Å². The summed E-state index contributed by atoms with van der Waals surface area (Å²) < 4.78 is 79.7. The highest BCUT2D eigenvalue weighted by atomic mass is 32.2. The molecule has 1 aromatic heterocycles. The van der Waals surface area contributed by atoms with Gasteiger partial charge in [0.25, 0.3) is 0 Å². The van der Waals surface area contributed by atoms with Crippen molar-refractivity contribution in [2.45, 2.75) is 22.0 Å². The third-order valence-electron chi connectivity index (χ3n) is 5.17. The molecule has 0 amide bonds. The van der Waals surface area contributed by atoms with Crippen molar-refractivity contribution in [3.8, 4) is 11.5 Å². The Hall–Kier alpha value is -3.02. The molecule has 1 atom stereocenters. The minimum atomic E-state index is -4.09. The van der Waals surface area contributed by atoms with Crippen LogP contribution in [0, 0.1) is 12.7 Å². The van der Waals surface area contributed by atoms with Gasteiger partial charge in [0.2, 0.25) is 10.0 Å². The molecule has 11 heteroatoms. The van der Waals surface area contributed by atoms with Gasteiger partial charge in [0.15, 0.2) is 21.3 Å². The third-order valence-corrected chi connectivity index (χ3v) is 8.69. The Bertz CT molecular complexity index is 1380. The van der Waals surface area contributed by atoms with Crippen LogP contribution in [0.4, 0.5) is 4.39 Å². The maximum atomic E-state index is 13.7. The van der Waals surface area contributed by atoms with E-state index in [0.717, 1.165) is 12.1 Å². The van der Waals surface area contributed by atoms with E-state index in [1.165, 1.54) is 43.6 Å². The van der Waals surface area contributed by atoms with E-state index < -0.39 is 37.5 Å². The lowest BCUT2D eigenvalue weighted by Crippen LogP contribution is -2.32. The molecule has 0 aliphatic carbocycles. The zero-order valence-electron chi connectivity index (χ0n) is 17.6. The van der Waals surface area contributed by atoms with Crippen molar-refractivity contribution in [3.63, 3.8) is 0 Å². The number of hydrogen-bond acceptors (Lipinski definition) is 7. The van der Waals surface area contributed by atoms with Crippen LogP contribution < -0.4 is 14.2 Å². The lowest BCUT2D eigenvalue weighted by Gasteiger charge is -2.20. The van der Waals surface area contributed by atoms with Crippen LogP contribution in [0.1, 0.15) is 16.4 Å². The van der Waals surface area contributed by atoms with Crippen molar-refractivity contribution >= 4 is 19.9 Å². The van der Waals surface area contributed by atoms with Crippen LogP contribution >= 0.6 is 0 Å². The average molecular weight is 493 g/mol. The van der Waals surface area contributed by atoms with Gasteiger partial charge in [0, 0.05) is 25.0 Å². The lowest BCUT2D eigenvalue weighted by molar-refractivity contribution is 0.171. The summed E-state index contributed by atoms with van der Waals surface area (Å²) in [6, 6.07) is 10.7. The molecule has 0 saturated heterocycles. The van der Waals surface area contributed by atoms with Crippen molar-refractivity contribution in [3.05, 3.63) is 77.9 Å². The molecule has 0 fully saturated rings. The summed E-state index contributed by atoms with van der Waals surface area (Å²) in [5.74, 6) is 0.191. The van der Waals surface area contributed by atoms with Gasteiger partial charge in [0.05, 0.1) is 9.79 Å². The second kappa shape index (κ2) is 9.08. The topological polar surface area (TPSA) is 112 Å². The number of aromatic nitrogens is 1. The average Bonchev–Trinajstić information content (AvgIpc) is 2.81. The molecule has 174 valence electrons. The summed E-state index contributed by atoms with van der Waals surface area (Å²) >= 11 is 0. The van der Waals surface area contributed by atoms with Crippen LogP contribution in [0.25, 0.3) is 0 Å². The van der Waals surface area contributed by atoms with E-state index in [4.69, 9.17) is 9.47 Å². The van der Waals surface area contributed by atoms with E-state index in [2.05, 4.69) is 9.71 Å². The Morgan fingerprint density at radius 2 is 1.73 bits per heavy atom. The fourth-order valence-corrected chi connectivity index (χ4v) is 6.29. The molecule has 33 heavy (non-hydrogen) atoms. The number of aryl methyl sites for hydroxylation is 1. The summed E-state index contributed by atoms with van der Waals surface area (Å²) in [5.41, 5.74) is 0.460. The molecule has 4 rings (SSSR count). The maximum absolute atomic E-state index is 13.7. The molecular weight excluding hydrogens is 471 g/mol. The molecule has 2 heterocycles. The van der Waals surface area contributed by atoms with Gasteiger partial charge in [-0.2, -0.15) is 0 Å². The zero-order chi connectivity index (χ0) is 23.6. The van der Waals surface area contributed by atoms with Crippen molar-refractivity contribution in [1.82, 2.24) is 9.71 Å². The number of nitrogens with one attached hydrogen (secondary N) is 1. The Kier molecular flexibility index (Phi) is 6.37. The SMILES string of the molecule is Cc1cc(S(=O)(=O)[C@H](CNS(=O)(=O)c2ccc3c(c2)OCCO3)c2cccnc2)ccc1F. The summed E-state index contributed by atoms with van der Waals surface area (Å²) in [6.45, 7) is 1.66. The molecule has 0 radical (unpaired) electrons. The Morgan fingerprint density at radius 1 is 1.00 bits per heavy atom. The van der Waals surface area contributed by atoms with Crippen LogP contribution in [0.3, 0.4) is 0 Å². The highest BCUT2D eigenvalue weighted by Gasteiger charge is 2.32. The predicted octanol–water partition coefficient (Wildman–Crippen LogP) is 2.79. The normalized spacial score (nSPS) is 14.6. The molecule has 1 N–H and O–H groups in total. The van der Waals surface area contributed by atoms with Gasteiger partial charge in [-0.05, 0) is 54.4 Å². The highest BCUT2D eigenvalue weighted by Crippen LogP contribution is 2.33. The first-order chi connectivity index (χ1) is 15.7. The van der Waals surface area contributed by atoms with Gasteiger partial charge < -0.3 is 9.47 Å². The fourth-order valence-electron chi connectivity index (χ4n) is 3.39. The van der Waals surface area contributed by atoms with Gasteiger partial charge in [-0.25, -0.2) is 25.9 Å². The molecule has 8 nitrogen and oxygen atoms in total. The number of nitrogens with zero attached hydrogens (tertiary/aromatic N) is 1. The standard InChI is InChI=1S/C22H21FN2O6S2/c1-15-11-17(4-6-19(15)23)32(26,27)22(16-3-2-8-24-13-16)14-25-33(28,29)18-5-7-20-21(12-18)31-10-9-30-20/h2-8,11-13,22,25H,9-10,14H2,1H3/t22-/m1/s1. The summed E-state index contributed by atoms with van der Waals surface area (Å²) in [5, 5.41) is -1.29. The minimum Gasteiger partial charge on any atom is -0.486 e. The first kappa shape index (κ1) is 23.1. The largest absolute Gasteiger partial charge is 0.486 e. The molecule has 1 aliphatic rings. The van der Waals surface area contributed by atoms with E-state index >= 15 is 0 Å². The number of fused-ring (bicyclic) bond motifs is 1. The first-order valence-electron chi connectivity index (χ1n) is 9.98. The lowest BCUT2D eigenvalue weighted by atomic mass is 10.2. The predicted molar refractivity (Wildman–Crippen MR) is 118 cm³/mol. The van der Waals surface area contributed by atoms with E-state index in [9.17, 15) is 21.2 Å². The number of halogens is 1. The Morgan fingerprint density at radius 3 is 2.42 bits per heavy atom. The number of hydrogen-bond donors (Lipinski definition) is 1. The summed E-state index contributed by atoms with van der Waals surface area (Å²) in [6.07, 6.45) is 2.84. The van der Waals surface area contributed by atoms with E-state index in [0.29, 0.717) is 30.3 Å². The monoisotopic (exact) mass is 492 g/mol. The Labute approximate surface area is 191 Å². The smallest absolute Gasteiger partial charge is 0.240 e. The number of rotatable bonds is 7. The second-order valence-electron chi connectivity index (χ2n) is 7.39. The fraction of sp³-hybridized carbons (Fsp3) is 0.227. The summed E-state index contributed by atoms with van der Waals surface area (Å²) in [4.78, 5) is 3.76. The van der Waals surface area contributed by atoms with Crippen LogP contribution in [0.5, 0.6) is 11.5 Å². The molecule has 1 aliphatic heterocycles. The number of pyridine rings is 1. The van der Waals surface area contributed by atoms with Gasteiger partial charge in [0.1, 0.15) is 24.3 Å². The van der Waals surface area contributed by atoms with Crippen LogP contribution in [-0.4, -0.2) is 41.6 Å². The highest BCUT2D eigenvalue weighted by molar-refractivity contribution is 7.92. The van der Waals surface area contributed by atoms with Crippen molar-refractivity contribution in [2.24, 2.45) is 0 Å². The molecular formula is C22H21FN2O6S2. The molecule has 0 unspecified atom stereocenters. The van der Waals surface area contributed by atoms with Crippen molar-refractivity contribution < 1.29 is 30.7 Å². The van der Waals surface area contributed by atoms with Gasteiger partial charge in [-0.1, -0.05) is 6.07 Å². The molecule has 0 saturated carbocycles. The Balaban J connectivity index is 1.66. The van der Waals surface area contributed by atoms with Crippen LogP contribution in [-0.2, 0) is 19.9 Å². The zero-order valence-corrected chi connectivity index (χ0v) is 19.2. The second-order valence-corrected chi connectivity index (χ2v) is 11.3. The molecule has 0 bridgehead atoms. The van der Waals surface area contributed by atoms with Gasteiger partial charge in [-0.3, -0.25) is 4.98 Å². The van der Waals surface area contributed by atoms with Gasteiger partial charge in [-0.15, -0.1) is 0 Å². The molecule has 2 aromatic carbocycles. The number of sulfone groups is 1. The van der Waals surface area contributed by atoms with E-state index in [-0.39, 0.29) is 15.4 Å². The van der Waals surface area contributed by atoms with Crippen LogP contribution in [0.2, 0.25) is 0 Å². The third kappa shape index (κ3) is 4.85. The number of ether oxygens (including phenoxy) is 2. The number of sulfonamides is 1. The molecule has 0 spiro atoms. The first-order valence-corrected chi connectivity index (χ1v) is 13.0. The van der Waals surface area contributed by atoms with Crippen molar-refractivity contribution in [2.75, 3.05) is 19.8 Å².